The van der Waals surface area contributed by atoms with E-state index < -0.39 is 6.04 Å². The van der Waals surface area contributed by atoms with Crippen molar-refractivity contribution in [2.45, 2.75) is 18.9 Å². The molecule has 4 aromatic rings. The van der Waals surface area contributed by atoms with Gasteiger partial charge in [-0.1, -0.05) is 30.3 Å². The smallest absolute Gasteiger partial charge is 0.240 e. The van der Waals surface area contributed by atoms with E-state index in [1.807, 2.05) is 53.4 Å². The predicted octanol–water partition coefficient (Wildman–Crippen LogP) is 3.40. The first kappa shape index (κ1) is 21.4. The molecular formula is C24H23N7O3. The largest absolute Gasteiger partial charge is 0.496 e. The van der Waals surface area contributed by atoms with Crippen molar-refractivity contribution >= 4 is 23.5 Å². The van der Waals surface area contributed by atoms with E-state index in [0.29, 0.717) is 47.9 Å². The molecule has 3 N–H and O–H groups in total. The summed E-state index contributed by atoms with van der Waals surface area (Å²) in [5, 5.41) is 3.24. The fourth-order valence-corrected chi connectivity index (χ4v) is 4.02. The highest BCUT2D eigenvalue weighted by molar-refractivity contribution is 5.83. The Labute approximate surface area is 195 Å². The Hall–Kier alpha value is -4.47. The van der Waals surface area contributed by atoms with Gasteiger partial charge in [0.05, 0.1) is 18.9 Å². The number of oxazole rings is 1. The van der Waals surface area contributed by atoms with Crippen LogP contribution in [0.5, 0.6) is 5.75 Å². The van der Waals surface area contributed by atoms with Crippen LogP contribution < -0.4 is 20.7 Å². The van der Waals surface area contributed by atoms with Crippen molar-refractivity contribution in [3.63, 3.8) is 0 Å². The Balaban J connectivity index is 1.53. The van der Waals surface area contributed by atoms with Crippen LogP contribution in [-0.4, -0.2) is 45.5 Å². The first-order valence-electron chi connectivity index (χ1n) is 10.8. The lowest BCUT2D eigenvalue weighted by Gasteiger charge is -2.23. The highest BCUT2D eigenvalue weighted by Gasteiger charge is 2.31. The molecule has 1 saturated heterocycles. The van der Waals surface area contributed by atoms with E-state index in [4.69, 9.17) is 14.9 Å². The monoisotopic (exact) mass is 457 g/mol. The number of hydrogen-bond donors (Lipinski definition) is 2. The zero-order valence-electron chi connectivity index (χ0n) is 18.5. The maximum absolute atomic E-state index is 12.0. The van der Waals surface area contributed by atoms with Gasteiger partial charge in [0.2, 0.25) is 17.8 Å². The van der Waals surface area contributed by atoms with Gasteiger partial charge < -0.3 is 25.1 Å². The lowest BCUT2D eigenvalue weighted by atomic mass is 10.1. The second-order valence-corrected chi connectivity index (χ2v) is 7.81. The quantitative estimate of drug-likeness (QED) is 0.428. The molecule has 0 aliphatic carbocycles. The molecule has 10 nitrogen and oxygen atoms in total. The van der Waals surface area contributed by atoms with Gasteiger partial charge in [0.15, 0.2) is 18.0 Å². The molecule has 0 unspecified atom stereocenters. The zero-order chi connectivity index (χ0) is 23.5. The standard InChI is InChI=1S/C24H23N7O3/c1-33-19-12-16(9-10-17(19)20-13-26-14-34-20)27-23-28-22(15-6-3-2-4-7-15)29-24(30-23)31-11-5-8-18(31)21(25)32/h2-4,6-7,9-10,12-14,18H,5,8,11H2,1H3,(H2,25,32)(H,27,28,29,30)/t18-/m0/s1. The van der Waals surface area contributed by atoms with Gasteiger partial charge in [0.1, 0.15) is 11.8 Å². The van der Waals surface area contributed by atoms with Crippen LogP contribution in [0, 0.1) is 0 Å². The lowest BCUT2D eigenvalue weighted by molar-refractivity contribution is -0.119. The molecule has 34 heavy (non-hydrogen) atoms. The molecule has 2 aromatic heterocycles. The summed E-state index contributed by atoms with van der Waals surface area (Å²) in [5.74, 6) is 2.06. The average molecular weight is 457 g/mol. The molecule has 3 heterocycles. The summed E-state index contributed by atoms with van der Waals surface area (Å²) in [6, 6.07) is 14.7. The van der Waals surface area contributed by atoms with E-state index in [0.717, 1.165) is 17.5 Å². The molecule has 1 amide bonds. The number of carbonyl (C=O) groups excluding carboxylic acids is 1. The van der Waals surface area contributed by atoms with E-state index >= 15 is 0 Å². The van der Waals surface area contributed by atoms with Crippen molar-refractivity contribution < 1.29 is 13.9 Å². The minimum Gasteiger partial charge on any atom is -0.496 e. The summed E-state index contributed by atoms with van der Waals surface area (Å²) in [4.78, 5) is 31.7. The van der Waals surface area contributed by atoms with Crippen molar-refractivity contribution in [2.75, 3.05) is 23.9 Å². The summed E-state index contributed by atoms with van der Waals surface area (Å²) in [6.07, 6.45) is 4.50. The second-order valence-electron chi connectivity index (χ2n) is 7.81. The van der Waals surface area contributed by atoms with Crippen molar-refractivity contribution in [2.24, 2.45) is 5.73 Å². The first-order valence-corrected chi connectivity index (χ1v) is 10.8. The van der Waals surface area contributed by atoms with Gasteiger partial charge in [0, 0.05) is 23.9 Å². The number of nitrogens with zero attached hydrogens (tertiary/aromatic N) is 5. The molecule has 1 atom stereocenters. The lowest BCUT2D eigenvalue weighted by Crippen LogP contribution is -2.41. The van der Waals surface area contributed by atoms with Crippen LogP contribution in [0.4, 0.5) is 17.6 Å². The third-order valence-corrected chi connectivity index (χ3v) is 5.65. The number of nitrogens with two attached hydrogens (primary N) is 1. The molecule has 1 fully saturated rings. The van der Waals surface area contributed by atoms with Gasteiger partial charge in [0.25, 0.3) is 0 Å². The van der Waals surface area contributed by atoms with Gasteiger partial charge in [-0.3, -0.25) is 4.79 Å². The number of carbonyl (C=O) groups is 1. The van der Waals surface area contributed by atoms with Crippen molar-refractivity contribution in [1.82, 2.24) is 19.9 Å². The number of ether oxygens (including phenoxy) is 1. The molecule has 0 spiro atoms. The van der Waals surface area contributed by atoms with E-state index in [2.05, 4.69) is 25.3 Å². The van der Waals surface area contributed by atoms with Crippen LogP contribution >= 0.6 is 0 Å². The van der Waals surface area contributed by atoms with E-state index in [9.17, 15) is 4.79 Å². The molecule has 10 heteroatoms. The van der Waals surface area contributed by atoms with Crippen LogP contribution in [0.25, 0.3) is 22.7 Å². The number of benzene rings is 2. The molecule has 0 radical (unpaired) electrons. The van der Waals surface area contributed by atoms with E-state index in [1.54, 1.807) is 13.3 Å². The van der Waals surface area contributed by atoms with Crippen LogP contribution in [0.15, 0.2) is 65.5 Å². The number of nitrogens with one attached hydrogen (secondary N) is 1. The number of hydrogen-bond acceptors (Lipinski definition) is 9. The fraction of sp³-hybridized carbons (Fsp3) is 0.208. The van der Waals surface area contributed by atoms with E-state index in [-0.39, 0.29) is 5.91 Å². The number of primary amides is 1. The van der Waals surface area contributed by atoms with Crippen molar-refractivity contribution in [3.05, 3.63) is 61.1 Å². The van der Waals surface area contributed by atoms with E-state index in [1.165, 1.54) is 6.39 Å². The van der Waals surface area contributed by atoms with Gasteiger partial charge in [-0.25, -0.2) is 4.98 Å². The van der Waals surface area contributed by atoms with Gasteiger partial charge in [-0.05, 0) is 25.0 Å². The summed E-state index contributed by atoms with van der Waals surface area (Å²) < 4.78 is 10.9. The van der Waals surface area contributed by atoms with Crippen molar-refractivity contribution in [3.8, 4) is 28.5 Å². The van der Waals surface area contributed by atoms with Crippen LogP contribution in [-0.2, 0) is 4.79 Å². The third-order valence-electron chi connectivity index (χ3n) is 5.65. The summed E-state index contributed by atoms with van der Waals surface area (Å²) in [5.41, 5.74) is 7.95. The fourth-order valence-electron chi connectivity index (χ4n) is 4.02. The highest BCUT2D eigenvalue weighted by Crippen LogP contribution is 2.33. The average Bonchev–Trinajstić information content (AvgIpc) is 3.57. The summed E-state index contributed by atoms with van der Waals surface area (Å²) in [7, 11) is 1.59. The molecule has 0 saturated carbocycles. The minimum absolute atomic E-state index is 0.341. The number of methoxy groups -OCH3 is 1. The Morgan fingerprint density at radius 1 is 1.18 bits per heavy atom. The third kappa shape index (κ3) is 4.25. The topological polar surface area (TPSA) is 132 Å². The Kier molecular flexibility index (Phi) is 5.77. The van der Waals surface area contributed by atoms with Gasteiger partial charge in [-0.2, -0.15) is 15.0 Å². The Bertz CT molecular complexity index is 1300. The molecule has 1 aliphatic heterocycles. The number of amides is 1. The Morgan fingerprint density at radius 2 is 2.03 bits per heavy atom. The zero-order valence-corrected chi connectivity index (χ0v) is 18.5. The molecule has 172 valence electrons. The molecule has 0 bridgehead atoms. The molecule has 5 rings (SSSR count). The SMILES string of the molecule is COc1cc(Nc2nc(-c3ccccc3)nc(N3CCC[C@H]3C(N)=O)n2)ccc1-c1cnco1. The van der Waals surface area contributed by atoms with Crippen LogP contribution in [0.2, 0.25) is 0 Å². The number of aromatic nitrogens is 4. The number of anilines is 3. The second kappa shape index (κ2) is 9.18. The molecular weight excluding hydrogens is 434 g/mol. The highest BCUT2D eigenvalue weighted by atomic mass is 16.5. The summed E-state index contributed by atoms with van der Waals surface area (Å²) >= 11 is 0. The predicted molar refractivity (Wildman–Crippen MR) is 127 cm³/mol. The molecule has 2 aromatic carbocycles. The van der Waals surface area contributed by atoms with Gasteiger partial charge >= 0.3 is 0 Å². The first-order chi connectivity index (χ1) is 16.6. The van der Waals surface area contributed by atoms with Gasteiger partial charge in [-0.15, -0.1) is 0 Å². The maximum Gasteiger partial charge on any atom is 0.240 e. The van der Waals surface area contributed by atoms with Crippen LogP contribution in [0.1, 0.15) is 12.8 Å². The maximum atomic E-state index is 12.0. The summed E-state index contributed by atoms with van der Waals surface area (Å²) in [6.45, 7) is 0.644. The Morgan fingerprint density at radius 3 is 2.76 bits per heavy atom. The normalized spacial score (nSPS) is 15.3. The minimum atomic E-state index is -0.444. The number of rotatable bonds is 7. The molecule has 1 aliphatic rings. The van der Waals surface area contributed by atoms with Crippen LogP contribution in [0.3, 0.4) is 0 Å². The van der Waals surface area contributed by atoms with Crippen molar-refractivity contribution in [1.29, 1.82) is 0 Å².